The third-order valence-corrected chi connectivity index (χ3v) is 7.26. The number of aryl methyl sites for hydroxylation is 1. The Morgan fingerprint density at radius 1 is 1.29 bits per heavy atom. The number of halogens is 2. The van der Waals surface area contributed by atoms with E-state index in [1.165, 1.54) is 25.7 Å². The minimum Gasteiger partial charge on any atom is -0.353 e. The van der Waals surface area contributed by atoms with Crippen molar-refractivity contribution >= 4 is 27.8 Å². The fourth-order valence-electron chi connectivity index (χ4n) is 4.73. The summed E-state index contributed by atoms with van der Waals surface area (Å²) in [5.74, 6) is 0.761. The van der Waals surface area contributed by atoms with Gasteiger partial charge in [0.05, 0.1) is 16.7 Å². The summed E-state index contributed by atoms with van der Waals surface area (Å²) in [6, 6.07) is 5.55. The average Bonchev–Trinajstić information content (AvgIpc) is 2.97. The first kappa shape index (κ1) is 27.2. The van der Waals surface area contributed by atoms with Crippen molar-refractivity contribution in [2.45, 2.75) is 91.1 Å². The summed E-state index contributed by atoms with van der Waals surface area (Å²) in [6.07, 6.45) is 9.82. The van der Waals surface area contributed by atoms with E-state index >= 15 is 0 Å². The van der Waals surface area contributed by atoms with Gasteiger partial charge in [0.1, 0.15) is 5.69 Å². The van der Waals surface area contributed by atoms with Crippen LogP contribution in [-0.4, -0.2) is 32.9 Å². The standard InChI is InChI=1S/C27H38BrFN4O2/c1-5-7-14-23-25(26(34)32(6-2)19(3)4)33(18-20-15-16-24(35-29)22(28)17-20)27(31-23)30-21-12-10-8-9-11-13-21/h15-17,21H,3,5-14,18H2,1-2,4H3,(H,30,31). The lowest BCUT2D eigenvalue weighted by atomic mass is 10.1. The zero-order chi connectivity index (χ0) is 25.4. The molecule has 1 aromatic carbocycles. The number of hydrogen-bond donors (Lipinski definition) is 1. The molecule has 1 fully saturated rings. The molecule has 1 N–H and O–H groups in total. The third kappa shape index (κ3) is 6.87. The minimum absolute atomic E-state index is 0.0877. The summed E-state index contributed by atoms with van der Waals surface area (Å²) >= 11 is 3.38. The molecule has 0 saturated heterocycles. The van der Waals surface area contributed by atoms with Gasteiger partial charge < -0.3 is 14.8 Å². The Kier molecular flexibility index (Phi) is 10.2. The van der Waals surface area contributed by atoms with E-state index in [1.807, 2.05) is 30.5 Å². The molecule has 0 atom stereocenters. The molecule has 0 spiro atoms. The van der Waals surface area contributed by atoms with Gasteiger partial charge in [-0.15, -0.1) is 0 Å². The van der Waals surface area contributed by atoms with Gasteiger partial charge in [-0.25, -0.2) is 4.98 Å². The molecule has 8 heteroatoms. The second-order valence-corrected chi connectivity index (χ2v) is 10.2. The number of amides is 1. The number of imidazole rings is 1. The molecule has 0 aliphatic heterocycles. The highest BCUT2D eigenvalue weighted by molar-refractivity contribution is 9.10. The van der Waals surface area contributed by atoms with Gasteiger partial charge in [-0.2, -0.15) is 0 Å². The van der Waals surface area contributed by atoms with Crippen molar-refractivity contribution in [1.82, 2.24) is 14.5 Å². The van der Waals surface area contributed by atoms with Crippen LogP contribution < -0.4 is 10.3 Å². The van der Waals surface area contributed by atoms with Gasteiger partial charge in [-0.1, -0.05) is 51.7 Å². The summed E-state index contributed by atoms with van der Waals surface area (Å²) in [7, 11) is 0. The monoisotopic (exact) mass is 548 g/mol. The molecule has 192 valence electrons. The Labute approximate surface area is 217 Å². The van der Waals surface area contributed by atoms with Crippen LogP contribution in [0.5, 0.6) is 5.75 Å². The van der Waals surface area contributed by atoms with Gasteiger partial charge >= 0.3 is 0 Å². The average molecular weight is 550 g/mol. The van der Waals surface area contributed by atoms with Crippen LogP contribution in [0.4, 0.5) is 10.5 Å². The smallest absolute Gasteiger partial charge is 0.276 e. The Morgan fingerprint density at radius 2 is 2.00 bits per heavy atom. The second-order valence-electron chi connectivity index (χ2n) is 9.38. The first-order chi connectivity index (χ1) is 16.9. The maximum atomic E-state index is 13.8. The highest BCUT2D eigenvalue weighted by atomic mass is 79.9. The molecule has 1 amide bonds. The number of aromatic nitrogens is 2. The lowest BCUT2D eigenvalue weighted by molar-refractivity contribution is -0.00716. The van der Waals surface area contributed by atoms with Crippen LogP contribution in [0.1, 0.15) is 93.9 Å². The van der Waals surface area contributed by atoms with Gasteiger partial charge in [0.25, 0.3) is 5.91 Å². The molecule has 3 rings (SSSR count). The van der Waals surface area contributed by atoms with Gasteiger partial charge in [-0.3, -0.25) is 9.74 Å². The fourth-order valence-corrected chi connectivity index (χ4v) is 5.22. The Morgan fingerprint density at radius 3 is 2.57 bits per heavy atom. The van der Waals surface area contributed by atoms with Crippen molar-refractivity contribution in [1.29, 1.82) is 0 Å². The van der Waals surface area contributed by atoms with E-state index in [-0.39, 0.29) is 11.7 Å². The number of allylic oxidation sites excluding steroid dienone is 1. The SMILES string of the molecule is C=C(C)N(CC)C(=O)c1c(CCCC)nc(NC2CCCCCC2)n1Cc1ccc(OF)c(Br)c1. The summed E-state index contributed by atoms with van der Waals surface area (Å²) in [4.78, 5) is 24.5. The van der Waals surface area contributed by atoms with Crippen LogP contribution in [0.2, 0.25) is 0 Å². The molecule has 1 aromatic heterocycles. The number of nitrogens with one attached hydrogen (secondary N) is 1. The first-order valence-electron chi connectivity index (χ1n) is 12.8. The lowest BCUT2D eigenvalue weighted by Gasteiger charge is -2.23. The quantitative estimate of drug-likeness (QED) is 0.296. The molecule has 1 aliphatic carbocycles. The largest absolute Gasteiger partial charge is 0.353 e. The van der Waals surface area contributed by atoms with Gasteiger partial charge in [0.15, 0.2) is 5.75 Å². The zero-order valence-corrected chi connectivity index (χ0v) is 22.8. The zero-order valence-electron chi connectivity index (χ0n) is 21.2. The van der Waals surface area contributed by atoms with E-state index in [0.717, 1.165) is 49.3 Å². The number of carbonyl (C=O) groups excluding carboxylic acids is 1. The Hall–Kier alpha value is -2.35. The van der Waals surface area contributed by atoms with E-state index in [4.69, 9.17) is 4.98 Å². The number of rotatable bonds is 11. The molecular formula is C27H38BrFN4O2. The first-order valence-corrected chi connectivity index (χ1v) is 13.6. The molecule has 1 heterocycles. The van der Waals surface area contributed by atoms with E-state index in [9.17, 15) is 9.32 Å². The number of unbranched alkanes of at least 4 members (excludes halogenated alkanes) is 1. The maximum Gasteiger partial charge on any atom is 0.276 e. The van der Waals surface area contributed by atoms with Crippen molar-refractivity contribution < 1.29 is 14.3 Å². The van der Waals surface area contributed by atoms with E-state index in [2.05, 4.69) is 39.7 Å². The van der Waals surface area contributed by atoms with Crippen LogP contribution in [0.25, 0.3) is 0 Å². The summed E-state index contributed by atoms with van der Waals surface area (Å²) in [5.41, 5.74) is 3.03. The molecule has 1 aliphatic rings. The molecular weight excluding hydrogens is 511 g/mol. The molecule has 6 nitrogen and oxygen atoms in total. The van der Waals surface area contributed by atoms with Crippen LogP contribution >= 0.6 is 15.9 Å². The molecule has 2 aromatic rings. The highest BCUT2D eigenvalue weighted by Gasteiger charge is 2.28. The molecule has 1 saturated carbocycles. The maximum absolute atomic E-state index is 13.8. The van der Waals surface area contributed by atoms with Crippen molar-refractivity contribution in [2.24, 2.45) is 0 Å². The van der Waals surface area contributed by atoms with Crippen LogP contribution in [0, 0.1) is 0 Å². The lowest BCUT2D eigenvalue weighted by Crippen LogP contribution is -2.32. The van der Waals surface area contributed by atoms with Crippen molar-refractivity contribution in [3.8, 4) is 5.75 Å². The van der Waals surface area contributed by atoms with Crippen LogP contribution in [0.3, 0.4) is 0 Å². The number of carbonyl (C=O) groups is 1. The summed E-state index contributed by atoms with van der Waals surface area (Å²) in [6.45, 7) is 10.9. The van der Waals surface area contributed by atoms with Crippen LogP contribution in [0.15, 0.2) is 34.9 Å². The van der Waals surface area contributed by atoms with Crippen molar-refractivity contribution in [2.75, 3.05) is 11.9 Å². The highest BCUT2D eigenvalue weighted by Crippen LogP contribution is 2.30. The molecule has 0 bridgehead atoms. The second kappa shape index (κ2) is 13.1. The van der Waals surface area contributed by atoms with Gasteiger partial charge in [0.2, 0.25) is 5.95 Å². The molecule has 35 heavy (non-hydrogen) atoms. The Bertz CT molecular complexity index is 1010. The fraction of sp³-hybridized carbons (Fsp3) is 0.556. The predicted octanol–water partition coefficient (Wildman–Crippen LogP) is 7.43. The van der Waals surface area contributed by atoms with Crippen molar-refractivity contribution in [3.05, 3.63) is 51.9 Å². The number of benzene rings is 1. The minimum atomic E-state index is -0.0877. The van der Waals surface area contributed by atoms with E-state index in [0.29, 0.717) is 35.0 Å². The summed E-state index contributed by atoms with van der Waals surface area (Å²) in [5, 5.41) is 3.69. The summed E-state index contributed by atoms with van der Waals surface area (Å²) < 4.78 is 15.3. The van der Waals surface area contributed by atoms with Gasteiger partial charge in [0, 0.05) is 22.8 Å². The number of hydrogen-bond acceptors (Lipinski definition) is 4. The van der Waals surface area contributed by atoms with Crippen LogP contribution in [-0.2, 0) is 13.0 Å². The third-order valence-electron chi connectivity index (χ3n) is 6.64. The van der Waals surface area contributed by atoms with E-state index in [1.54, 1.807) is 11.0 Å². The van der Waals surface area contributed by atoms with Crippen molar-refractivity contribution in [3.63, 3.8) is 0 Å². The van der Waals surface area contributed by atoms with E-state index < -0.39 is 0 Å². The molecule has 0 unspecified atom stereocenters. The normalized spacial score (nSPS) is 14.4. The number of anilines is 1. The number of nitrogens with zero attached hydrogens (tertiary/aromatic N) is 3. The predicted molar refractivity (Wildman–Crippen MR) is 142 cm³/mol. The molecule has 0 radical (unpaired) electrons. The Balaban J connectivity index is 2.09. The van der Waals surface area contributed by atoms with Gasteiger partial charge in [-0.05, 0) is 73.2 Å². The topological polar surface area (TPSA) is 59.4 Å².